The standard InChI is InChI=1S/C19H13ClN4O3S/c20-15-5-1-2-6-16(15)24-28(25,26)14-10-8-13(9-11-14)18-22-19(27-23-18)17-7-3-4-12-21-17/h1-12,24H. The van der Waals surface area contributed by atoms with Crippen LogP contribution in [-0.2, 0) is 10.0 Å². The van der Waals surface area contributed by atoms with E-state index in [-0.39, 0.29) is 10.8 Å². The number of rotatable bonds is 5. The highest BCUT2D eigenvalue weighted by atomic mass is 35.5. The van der Waals surface area contributed by atoms with E-state index in [1.165, 1.54) is 12.1 Å². The number of halogens is 1. The molecule has 0 aliphatic carbocycles. The van der Waals surface area contributed by atoms with Crippen molar-refractivity contribution in [3.8, 4) is 23.0 Å². The van der Waals surface area contributed by atoms with Crippen molar-refractivity contribution in [2.24, 2.45) is 0 Å². The van der Waals surface area contributed by atoms with Crippen LogP contribution in [0.2, 0.25) is 5.02 Å². The molecule has 28 heavy (non-hydrogen) atoms. The number of sulfonamides is 1. The molecule has 9 heteroatoms. The van der Waals surface area contributed by atoms with Crippen LogP contribution in [0.5, 0.6) is 0 Å². The maximum atomic E-state index is 12.6. The average Bonchev–Trinajstić information content (AvgIpc) is 3.21. The Kier molecular flexibility index (Phi) is 4.81. The Morgan fingerprint density at radius 3 is 2.39 bits per heavy atom. The molecule has 0 saturated heterocycles. The zero-order valence-corrected chi connectivity index (χ0v) is 15.9. The number of aromatic nitrogens is 3. The number of anilines is 1. The molecule has 4 rings (SSSR count). The molecule has 4 aromatic rings. The summed E-state index contributed by atoms with van der Waals surface area (Å²) in [5, 5.41) is 4.24. The molecule has 0 bridgehead atoms. The van der Waals surface area contributed by atoms with E-state index in [4.69, 9.17) is 16.1 Å². The zero-order valence-electron chi connectivity index (χ0n) is 14.3. The zero-order chi connectivity index (χ0) is 19.6. The molecule has 0 aliphatic rings. The lowest BCUT2D eigenvalue weighted by atomic mass is 10.2. The first-order chi connectivity index (χ1) is 13.5. The van der Waals surface area contributed by atoms with Gasteiger partial charge in [-0.1, -0.05) is 35.0 Å². The van der Waals surface area contributed by atoms with Gasteiger partial charge in [-0.2, -0.15) is 4.98 Å². The largest absolute Gasteiger partial charge is 0.332 e. The van der Waals surface area contributed by atoms with E-state index in [0.717, 1.165) is 0 Å². The van der Waals surface area contributed by atoms with Crippen molar-refractivity contribution in [2.75, 3.05) is 4.72 Å². The number of hydrogen-bond donors (Lipinski definition) is 1. The predicted octanol–water partition coefficient (Wildman–Crippen LogP) is 4.25. The van der Waals surface area contributed by atoms with Crippen LogP contribution in [0.25, 0.3) is 23.0 Å². The van der Waals surface area contributed by atoms with Crippen LogP contribution in [-0.4, -0.2) is 23.5 Å². The van der Waals surface area contributed by atoms with E-state index < -0.39 is 10.0 Å². The van der Waals surface area contributed by atoms with E-state index >= 15 is 0 Å². The van der Waals surface area contributed by atoms with E-state index in [9.17, 15) is 8.42 Å². The normalized spacial score (nSPS) is 11.3. The monoisotopic (exact) mass is 412 g/mol. The Bertz CT molecular complexity index is 1210. The molecule has 0 fully saturated rings. The second kappa shape index (κ2) is 7.41. The maximum absolute atomic E-state index is 12.6. The minimum absolute atomic E-state index is 0.0876. The fourth-order valence-electron chi connectivity index (χ4n) is 2.46. The summed E-state index contributed by atoms with van der Waals surface area (Å²) in [5.41, 5.74) is 1.48. The van der Waals surface area contributed by atoms with Gasteiger partial charge in [0.15, 0.2) is 0 Å². The number of benzene rings is 2. The molecule has 140 valence electrons. The van der Waals surface area contributed by atoms with E-state index in [2.05, 4.69) is 19.8 Å². The van der Waals surface area contributed by atoms with Gasteiger partial charge in [0.25, 0.3) is 15.9 Å². The lowest BCUT2D eigenvalue weighted by Gasteiger charge is -2.09. The molecule has 2 aromatic heterocycles. The third-order valence-corrected chi connectivity index (χ3v) is 5.56. The van der Waals surface area contributed by atoms with Crippen LogP contribution in [0.1, 0.15) is 0 Å². The minimum atomic E-state index is -3.78. The number of hydrogen-bond acceptors (Lipinski definition) is 6. The lowest BCUT2D eigenvalue weighted by Crippen LogP contribution is -2.13. The molecular formula is C19H13ClN4O3S. The van der Waals surface area contributed by atoms with Crippen LogP contribution >= 0.6 is 11.6 Å². The van der Waals surface area contributed by atoms with Gasteiger partial charge in [0.2, 0.25) is 5.82 Å². The second-order valence-electron chi connectivity index (χ2n) is 5.75. The van der Waals surface area contributed by atoms with Gasteiger partial charge in [-0.3, -0.25) is 9.71 Å². The first-order valence-electron chi connectivity index (χ1n) is 8.16. The Morgan fingerprint density at radius 1 is 0.929 bits per heavy atom. The van der Waals surface area contributed by atoms with Crippen LogP contribution < -0.4 is 4.72 Å². The highest BCUT2D eigenvalue weighted by Gasteiger charge is 2.17. The molecule has 7 nitrogen and oxygen atoms in total. The highest BCUT2D eigenvalue weighted by Crippen LogP contribution is 2.26. The van der Waals surface area contributed by atoms with Crippen molar-refractivity contribution >= 4 is 27.3 Å². The molecular weight excluding hydrogens is 400 g/mol. The van der Waals surface area contributed by atoms with Gasteiger partial charge in [-0.05, 0) is 48.5 Å². The molecule has 2 heterocycles. The van der Waals surface area contributed by atoms with Gasteiger partial charge in [0.1, 0.15) is 5.69 Å². The Balaban J connectivity index is 1.57. The summed E-state index contributed by atoms with van der Waals surface area (Å²) in [5.74, 6) is 0.622. The Labute approximate surface area is 166 Å². The number of pyridine rings is 1. The number of para-hydroxylation sites is 1. The van der Waals surface area contributed by atoms with Crippen LogP contribution in [0, 0.1) is 0 Å². The molecule has 1 N–H and O–H groups in total. The Morgan fingerprint density at radius 2 is 1.68 bits per heavy atom. The number of nitrogens with zero attached hydrogens (tertiary/aromatic N) is 3. The summed E-state index contributed by atoms with van der Waals surface area (Å²) in [4.78, 5) is 8.54. The van der Waals surface area contributed by atoms with Gasteiger partial charge in [0.05, 0.1) is 15.6 Å². The van der Waals surface area contributed by atoms with Gasteiger partial charge in [-0.25, -0.2) is 8.42 Å². The van der Waals surface area contributed by atoms with Crippen molar-refractivity contribution in [1.82, 2.24) is 15.1 Å². The molecule has 0 saturated carbocycles. The van der Waals surface area contributed by atoms with Gasteiger partial charge in [-0.15, -0.1) is 0 Å². The van der Waals surface area contributed by atoms with Crippen molar-refractivity contribution in [3.63, 3.8) is 0 Å². The van der Waals surface area contributed by atoms with Crippen LogP contribution in [0.15, 0.2) is 82.3 Å². The van der Waals surface area contributed by atoms with E-state index in [1.54, 1.807) is 54.7 Å². The molecule has 0 unspecified atom stereocenters. The highest BCUT2D eigenvalue weighted by molar-refractivity contribution is 7.92. The SMILES string of the molecule is O=S(=O)(Nc1ccccc1Cl)c1ccc(-c2noc(-c3ccccn3)n2)cc1. The third kappa shape index (κ3) is 3.73. The second-order valence-corrected chi connectivity index (χ2v) is 7.84. The quantitative estimate of drug-likeness (QED) is 0.526. The molecule has 0 aliphatic heterocycles. The van der Waals surface area contributed by atoms with Crippen molar-refractivity contribution in [3.05, 3.63) is 77.9 Å². The van der Waals surface area contributed by atoms with Gasteiger partial charge < -0.3 is 4.52 Å². The fraction of sp³-hybridized carbons (Fsp3) is 0. The van der Waals surface area contributed by atoms with Crippen molar-refractivity contribution in [1.29, 1.82) is 0 Å². The topological polar surface area (TPSA) is 98.0 Å². The molecule has 2 aromatic carbocycles. The first-order valence-corrected chi connectivity index (χ1v) is 10.0. The average molecular weight is 413 g/mol. The van der Waals surface area contributed by atoms with E-state index in [0.29, 0.717) is 27.8 Å². The predicted molar refractivity (Wildman–Crippen MR) is 105 cm³/mol. The smallest absolute Gasteiger partial charge is 0.276 e. The van der Waals surface area contributed by atoms with E-state index in [1.807, 2.05) is 6.07 Å². The summed E-state index contributed by atoms with van der Waals surface area (Å²) < 4.78 is 32.8. The fourth-order valence-corrected chi connectivity index (χ4v) is 3.78. The van der Waals surface area contributed by atoms with Crippen molar-refractivity contribution in [2.45, 2.75) is 4.90 Å². The molecule has 0 atom stereocenters. The maximum Gasteiger partial charge on any atom is 0.276 e. The molecule has 0 radical (unpaired) electrons. The summed E-state index contributed by atoms with van der Waals surface area (Å²) in [7, 11) is -3.78. The number of nitrogens with one attached hydrogen (secondary N) is 1. The first kappa shape index (κ1) is 18.1. The van der Waals surface area contributed by atoms with Crippen molar-refractivity contribution < 1.29 is 12.9 Å². The van der Waals surface area contributed by atoms with Crippen LogP contribution in [0.4, 0.5) is 5.69 Å². The Hall–Kier alpha value is -3.23. The van der Waals surface area contributed by atoms with Gasteiger partial charge in [0, 0.05) is 11.8 Å². The summed E-state index contributed by atoms with van der Waals surface area (Å²) >= 11 is 6.02. The minimum Gasteiger partial charge on any atom is -0.332 e. The molecule has 0 spiro atoms. The van der Waals surface area contributed by atoms with Gasteiger partial charge >= 0.3 is 0 Å². The summed E-state index contributed by atoms with van der Waals surface area (Å²) in [6.07, 6.45) is 1.63. The third-order valence-electron chi connectivity index (χ3n) is 3.85. The van der Waals surface area contributed by atoms with Crippen LogP contribution in [0.3, 0.4) is 0 Å². The summed E-state index contributed by atoms with van der Waals surface area (Å²) in [6, 6.07) is 18.1. The molecule has 0 amide bonds. The lowest BCUT2D eigenvalue weighted by molar-refractivity contribution is 0.431. The summed E-state index contributed by atoms with van der Waals surface area (Å²) in [6.45, 7) is 0.